The molecule has 11 heteroatoms. The summed E-state index contributed by atoms with van der Waals surface area (Å²) in [4.78, 5) is 45.3. The average Bonchev–Trinajstić information content (AvgIpc) is 2.28. The molecule has 0 saturated heterocycles. The van der Waals surface area contributed by atoms with Crippen molar-refractivity contribution in [3.05, 3.63) is 0 Å². The molecule has 0 aromatic rings. The van der Waals surface area contributed by atoms with Gasteiger partial charge in [-0.05, 0) is 23.6 Å². The molecule has 0 saturated carbocycles. The molecular formula is C12H33NaO6P2S2. The van der Waals surface area contributed by atoms with Crippen molar-refractivity contribution in [2.45, 2.75) is 78.1 Å². The Balaban J connectivity index is -0.000000137. The SMILES string of the molecule is CCCCCCCCCCCC.OP(O)(O)=S.OP(O)(O)=S.[NaH]. The molecule has 0 fully saturated rings. The van der Waals surface area contributed by atoms with Crippen LogP contribution in [-0.4, -0.2) is 58.9 Å². The third kappa shape index (κ3) is 95.7. The zero-order chi connectivity index (χ0) is 18.1. The Morgan fingerprint density at radius 2 is 0.652 bits per heavy atom. The van der Waals surface area contributed by atoms with Gasteiger partial charge in [-0.15, -0.1) is 0 Å². The summed E-state index contributed by atoms with van der Waals surface area (Å²) in [6.07, 6.45) is 14.4. The van der Waals surface area contributed by atoms with Crippen LogP contribution in [0, 0.1) is 0 Å². The van der Waals surface area contributed by atoms with Gasteiger partial charge < -0.3 is 29.4 Å². The minimum absolute atomic E-state index is 0. The monoisotopic (exact) mass is 422 g/mol. The van der Waals surface area contributed by atoms with Crippen molar-refractivity contribution < 1.29 is 29.4 Å². The van der Waals surface area contributed by atoms with Crippen molar-refractivity contribution in [3.8, 4) is 0 Å². The molecule has 0 aromatic heterocycles. The van der Waals surface area contributed by atoms with E-state index in [1.165, 1.54) is 64.2 Å². The molecule has 0 bridgehead atoms. The second-order valence-corrected chi connectivity index (χ2v) is 9.85. The van der Waals surface area contributed by atoms with E-state index in [4.69, 9.17) is 29.4 Å². The fraction of sp³-hybridized carbons (Fsp3) is 1.00. The van der Waals surface area contributed by atoms with E-state index in [-0.39, 0.29) is 29.6 Å². The quantitative estimate of drug-likeness (QED) is 0.191. The molecule has 6 N–H and O–H groups in total. The average molecular weight is 422 g/mol. The van der Waals surface area contributed by atoms with Crippen molar-refractivity contribution in [1.29, 1.82) is 0 Å². The summed E-state index contributed by atoms with van der Waals surface area (Å²) >= 11 is 7.21. The molecule has 0 heterocycles. The zero-order valence-electron chi connectivity index (χ0n) is 13.5. The summed E-state index contributed by atoms with van der Waals surface area (Å²) in [6, 6.07) is 0. The van der Waals surface area contributed by atoms with Crippen LogP contribution in [0.15, 0.2) is 0 Å². The van der Waals surface area contributed by atoms with Crippen LogP contribution in [0.1, 0.15) is 78.1 Å². The number of unbranched alkanes of at least 4 members (excludes halogenated alkanes) is 9. The summed E-state index contributed by atoms with van der Waals surface area (Å²) in [5, 5.41) is 0. The predicted octanol–water partition coefficient (Wildman–Crippen LogP) is 2.65. The van der Waals surface area contributed by atoms with Crippen LogP contribution in [0.2, 0.25) is 0 Å². The van der Waals surface area contributed by atoms with Crippen LogP contribution in [0.25, 0.3) is 0 Å². The van der Waals surface area contributed by atoms with Crippen LogP contribution in [0.3, 0.4) is 0 Å². The van der Waals surface area contributed by atoms with Gasteiger partial charge in [0.25, 0.3) is 0 Å². The molecular weight excluding hydrogens is 389 g/mol. The maximum atomic E-state index is 7.56. The Morgan fingerprint density at radius 3 is 0.783 bits per heavy atom. The number of rotatable bonds is 9. The van der Waals surface area contributed by atoms with E-state index in [1.807, 2.05) is 0 Å². The summed E-state index contributed by atoms with van der Waals surface area (Å²) in [5.74, 6) is 0. The second kappa shape index (κ2) is 22.1. The van der Waals surface area contributed by atoms with Crippen molar-refractivity contribution in [1.82, 2.24) is 0 Å². The van der Waals surface area contributed by atoms with E-state index in [9.17, 15) is 0 Å². The normalized spacial score (nSPS) is 10.6. The van der Waals surface area contributed by atoms with Gasteiger partial charge in [-0.1, -0.05) is 78.1 Å². The molecule has 0 aliphatic carbocycles. The summed E-state index contributed by atoms with van der Waals surface area (Å²) in [7, 11) is 0. The van der Waals surface area contributed by atoms with Crippen molar-refractivity contribution in [3.63, 3.8) is 0 Å². The van der Waals surface area contributed by atoms with Crippen LogP contribution < -0.4 is 0 Å². The number of hydrogen-bond acceptors (Lipinski definition) is 2. The van der Waals surface area contributed by atoms with E-state index < -0.39 is 13.4 Å². The van der Waals surface area contributed by atoms with Gasteiger partial charge in [0.15, 0.2) is 0 Å². The van der Waals surface area contributed by atoms with Gasteiger partial charge >= 0.3 is 43.0 Å². The predicted molar refractivity (Wildman–Crippen MR) is 107 cm³/mol. The molecule has 0 atom stereocenters. The fourth-order valence-electron chi connectivity index (χ4n) is 1.56. The molecule has 0 unspecified atom stereocenters. The Bertz CT molecular complexity index is 265. The topological polar surface area (TPSA) is 121 Å². The molecule has 23 heavy (non-hydrogen) atoms. The van der Waals surface area contributed by atoms with Gasteiger partial charge in [0.05, 0.1) is 0 Å². The molecule has 140 valence electrons. The van der Waals surface area contributed by atoms with Crippen molar-refractivity contribution in [2.24, 2.45) is 0 Å². The van der Waals surface area contributed by atoms with Gasteiger partial charge in [-0.3, -0.25) is 0 Å². The Labute approximate surface area is 173 Å². The first-order valence-electron chi connectivity index (χ1n) is 7.48. The molecule has 0 spiro atoms. The molecule has 6 nitrogen and oxygen atoms in total. The third-order valence-electron chi connectivity index (χ3n) is 2.46. The molecule has 0 amide bonds. The maximum absolute atomic E-state index is 7.56. The Hall–Kier alpha value is 2.06. The van der Waals surface area contributed by atoms with Gasteiger partial charge in [-0.25, -0.2) is 0 Å². The van der Waals surface area contributed by atoms with E-state index in [0.717, 1.165) is 0 Å². The molecule has 0 rings (SSSR count). The van der Waals surface area contributed by atoms with E-state index in [0.29, 0.717) is 0 Å². The van der Waals surface area contributed by atoms with Crippen molar-refractivity contribution >= 4 is 66.6 Å². The molecule has 0 aliphatic heterocycles. The molecule has 0 aromatic carbocycles. The Kier molecular flexibility index (Phi) is 31.4. The molecule has 0 radical (unpaired) electrons. The van der Waals surface area contributed by atoms with Crippen molar-refractivity contribution in [2.75, 3.05) is 0 Å². The summed E-state index contributed by atoms with van der Waals surface area (Å²) < 4.78 is 0. The first-order valence-corrected chi connectivity index (χ1v) is 12.8. The summed E-state index contributed by atoms with van der Waals surface area (Å²) in [6.45, 7) is -3.05. The van der Waals surface area contributed by atoms with Crippen LogP contribution in [0.4, 0.5) is 0 Å². The summed E-state index contributed by atoms with van der Waals surface area (Å²) in [5.41, 5.74) is 0. The van der Waals surface area contributed by atoms with Gasteiger partial charge in [0.2, 0.25) is 0 Å². The van der Waals surface area contributed by atoms with Gasteiger partial charge in [-0.2, -0.15) is 0 Å². The van der Waals surface area contributed by atoms with Crippen LogP contribution >= 0.6 is 13.4 Å². The van der Waals surface area contributed by atoms with Crippen LogP contribution in [-0.2, 0) is 23.6 Å². The van der Waals surface area contributed by atoms with E-state index in [2.05, 4.69) is 37.5 Å². The van der Waals surface area contributed by atoms with Gasteiger partial charge in [0.1, 0.15) is 0 Å². The first-order chi connectivity index (χ1) is 9.91. The zero-order valence-corrected chi connectivity index (χ0v) is 16.9. The third-order valence-corrected chi connectivity index (χ3v) is 2.46. The first kappa shape index (κ1) is 32.7. The van der Waals surface area contributed by atoms with Crippen LogP contribution in [0.5, 0.6) is 0 Å². The van der Waals surface area contributed by atoms with Gasteiger partial charge in [0, 0.05) is 0 Å². The minimum atomic E-state index is -3.81. The molecule has 0 aliphatic rings. The fourth-order valence-corrected chi connectivity index (χ4v) is 1.56. The standard InChI is InChI=1S/C12H26.Na.2H3O3PS.H/c1-3-5-7-9-11-12-10-8-6-4-2;;2*1-4(2,3)5;/h3-12H2,1-2H3;;2*(H3,1,2,3,5);. The van der Waals surface area contributed by atoms with E-state index in [1.54, 1.807) is 0 Å². The number of hydrogen-bond donors (Lipinski definition) is 6. The Morgan fingerprint density at radius 1 is 0.522 bits per heavy atom. The van der Waals surface area contributed by atoms with E-state index >= 15 is 0 Å². The second-order valence-electron chi connectivity index (χ2n) is 4.85.